The van der Waals surface area contributed by atoms with Gasteiger partial charge in [-0.2, -0.15) is 0 Å². The second kappa shape index (κ2) is 7.59. The molecule has 0 fully saturated rings. The first-order valence-electron chi connectivity index (χ1n) is 6.06. The number of benzene rings is 1. The van der Waals surface area contributed by atoms with E-state index in [9.17, 15) is 13.4 Å². The molecule has 1 N–H and O–H groups in total. The van der Waals surface area contributed by atoms with Crippen molar-refractivity contribution in [3.63, 3.8) is 0 Å². The monoisotopic (exact) mass is 320 g/mol. The van der Waals surface area contributed by atoms with Crippen LogP contribution in [0.2, 0.25) is 5.02 Å². The smallest absolute Gasteiger partial charge is 0.317 e. The third-order valence-electron chi connectivity index (χ3n) is 2.86. The Morgan fingerprint density at radius 3 is 2.75 bits per heavy atom. The lowest BCUT2D eigenvalue weighted by Crippen LogP contribution is -2.40. The van der Waals surface area contributed by atoms with Gasteiger partial charge in [0.2, 0.25) is 0 Å². The van der Waals surface area contributed by atoms with Crippen LogP contribution in [0.3, 0.4) is 0 Å². The lowest BCUT2D eigenvalue weighted by atomic mass is 10.2. The number of urea groups is 1. The van der Waals surface area contributed by atoms with Crippen LogP contribution in [0, 0.1) is 5.82 Å². The van der Waals surface area contributed by atoms with Gasteiger partial charge in [0.15, 0.2) is 0 Å². The van der Waals surface area contributed by atoms with Gasteiger partial charge in [-0.3, -0.25) is 4.21 Å². The van der Waals surface area contributed by atoms with Crippen LogP contribution in [-0.2, 0) is 17.3 Å². The van der Waals surface area contributed by atoms with Crippen molar-refractivity contribution in [3.8, 4) is 0 Å². The second-order valence-corrected chi connectivity index (χ2v) is 6.81. The summed E-state index contributed by atoms with van der Waals surface area (Å²) >= 11 is 5.60. The molecule has 1 aromatic rings. The number of nitrogens with one attached hydrogen (secondary N) is 1. The predicted molar refractivity (Wildman–Crippen MR) is 79.8 cm³/mol. The molecule has 1 aromatic carbocycles. The average Bonchev–Trinajstić information content (AvgIpc) is 2.39. The van der Waals surface area contributed by atoms with Gasteiger partial charge in [0, 0.05) is 42.4 Å². The van der Waals surface area contributed by atoms with Crippen LogP contribution in [0.1, 0.15) is 12.5 Å². The van der Waals surface area contributed by atoms with Crippen LogP contribution >= 0.6 is 11.6 Å². The van der Waals surface area contributed by atoms with Crippen LogP contribution in [0.25, 0.3) is 0 Å². The van der Waals surface area contributed by atoms with Gasteiger partial charge in [-0.25, -0.2) is 9.18 Å². The van der Waals surface area contributed by atoms with Crippen molar-refractivity contribution in [3.05, 3.63) is 34.6 Å². The van der Waals surface area contributed by atoms with Crippen LogP contribution < -0.4 is 5.32 Å². The van der Waals surface area contributed by atoms with E-state index in [4.69, 9.17) is 11.6 Å². The minimum Gasteiger partial charge on any atom is -0.337 e. The summed E-state index contributed by atoms with van der Waals surface area (Å²) in [5.41, 5.74) is 0.650. The number of halogens is 2. The molecule has 0 aliphatic heterocycles. The number of nitrogens with zero attached hydrogens (tertiary/aromatic N) is 1. The Labute approximate surface area is 125 Å². The van der Waals surface area contributed by atoms with E-state index in [0.29, 0.717) is 12.1 Å². The molecule has 112 valence electrons. The summed E-state index contributed by atoms with van der Waals surface area (Å²) in [4.78, 5) is 13.2. The molecule has 0 saturated heterocycles. The molecule has 4 nitrogen and oxygen atoms in total. The topological polar surface area (TPSA) is 49.4 Å². The summed E-state index contributed by atoms with van der Waals surface area (Å²) in [5.74, 6) is -0.507. The minimum absolute atomic E-state index is 0.0557. The van der Waals surface area contributed by atoms with E-state index in [2.05, 4.69) is 5.32 Å². The fraction of sp³-hybridized carbons (Fsp3) is 0.462. The molecule has 0 radical (unpaired) electrons. The van der Waals surface area contributed by atoms with E-state index >= 15 is 0 Å². The van der Waals surface area contributed by atoms with Crippen molar-refractivity contribution in [2.45, 2.75) is 18.7 Å². The predicted octanol–water partition coefficient (Wildman–Crippen LogP) is 2.39. The first-order valence-corrected chi connectivity index (χ1v) is 8.06. The van der Waals surface area contributed by atoms with Gasteiger partial charge >= 0.3 is 6.03 Å². The Kier molecular flexibility index (Phi) is 6.42. The van der Waals surface area contributed by atoms with E-state index < -0.39 is 16.6 Å². The van der Waals surface area contributed by atoms with E-state index in [1.54, 1.807) is 26.3 Å². The molecular weight excluding hydrogens is 303 g/mol. The molecule has 0 saturated carbocycles. The normalized spacial score (nSPS) is 13.7. The van der Waals surface area contributed by atoms with Gasteiger partial charge in [0.05, 0.1) is 5.02 Å². The van der Waals surface area contributed by atoms with Crippen LogP contribution in [-0.4, -0.2) is 40.2 Å². The Balaban J connectivity index is 2.53. The molecular formula is C13H18ClFN2O2S. The third-order valence-corrected chi connectivity index (χ3v) is 4.46. The highest BCUT2D eigenvalue weighted by Gasteiger charge is 2.12. The maximum atomic E-state index is 13.3. The zero-order valence-electron chi connectivity index (χ0n) is 11.7. The SMILES string of the molecule is C[C@H](CNC(=O)N(C)Cc1ccc(Cl)c(F)c1)[S@](C)=O. The second-order valence-electron chi connectivity index (χ2n) is 4.60. The number of rotatable bonds is 5. The number of amides is 2. The van der Waals surface area contributed by atoms with Gasteiger partial charge in [0.1, 0.15) is 5.82 Å². The molecule has 0 spiro atoms. The molecule has 20 heavy (non-hydrogen) atoms. The van der Waals surface area contributed by atoms with Crippen LogP contribution in [0.4, 0.5) is 9.18 Å². The minimum atomic E-state index is -0.981. The van der Waals surface area contributed by atoms with Gasteiger partial charge in [0.25, 0.3) is 0 Å². The molecule has 0 aliphatic carbocycles. The van der Waals surface area contributed by atoms with Gasteiger partial charge in [-0.15, -0.1) is 0 Å². The molecule has 0 bridgehead atoms. The lowest BCUT2D eigenvalue weighted by Gasteiger charge is -2.19. The lowest BCUT2D eigenvalue weighted by molar-refractivity contribution is 0.207. The van der Waals surface area contributed by atoms with Crippen LogP contribution in [0.5, 0.6) is 0 Å². The first-order chi connectivity index (χ1) is 9.31. The largest absolute Gasteiger partial charge is 0.337 e. The zero-order chi connectivity index (χ0) is 15.3. The first kappa shape index (κ1) is 16.9. The van der Waals surface area contributed by atoms with E-state index in [0.717, 1.165) is 0 Å². The Morgan fingerprint density at radius 1 is 1.55 bits per heavy atom. The Morgan fingerprint density at radius 2 is 2.20 bits per heavy atom. The molecule has 1 rings (SSSR count). The highest BCUT2D eigenvalue weighted by molar-refractivity contribution is 7.84. The summed E-state index contributed by atoms with van der Waals surface area (Å²) in [6, 6.07) is 4.13. The highest BCUT2D eigenvalue weighted by Crippen LogP contribution is 2.16. The van der Waals surface area contributed by atoms with Crippen molar-refractivity contribution in [1.82, 2.24) is 10.2 Å². The van der Waals surface area contributed by atoms with Crippen molar-refractivity contribution in [2.24, 2.45) is 0 Å². The summed E-state index contributed by atoms with van der Waals surface area (Å²) in [6.07, 6.45) is 1.59. The molecule has 0 unspecified atom stereocenters. The standard InChI is InChI=1S/C13H18ClFN2O2S/c1-9(20(3)19)7-16-13(18)17(2)8-10-4-5-11(14)12(15)6-10/h4-6,9H,7-8H2,1-3H3,(H,16,18)/t9-,20+/m1/s1. The average molecular weight is 321 g/mol. The molecule has 0 aliphatic rings. The van der Waals surface area contributed by atoms with Crippen LogP contribution in [0.15, 0.2) is 18.2 Å². The quantitative estimate of drug-likeness (QED) is 0.905. The van der Waals surface area contributed by atoms with Gasteiger partial charge in [-0.05, 0) is 24.6 Å². The fourth-order valence-electron chi connectivity index (χ4n) is 1.47. The van der Waals surface area contributed by atoms with Crippen molar-refractivity contribution >= 4 is 28.4 Å². The van der Waals surface area contributed by atoms with Crippen molar-refractivity contribution in [1.29, 1.82) is 0 Å². The molecule has 7 heteroatoms. The number of carbonyl (C=O) groups is 1. The zero-order valence-corrected chi connectivity index (χ0v) is 13.2. The van der Waals surface area contributed by atoms with Crippen molar-refractivity contribution < 1.29 is 13.4 Å². The number of hydrogen-bond acceptors (Lipinski definition) is 2. The highest BCUT2D eigenvalue weighted by atomic mass is 35.5. The van der Waals surface area contributed by atoms with E-state index in [1.165, 1.54) is 17.0 Å². The summed E-state index contributed by atoms with van der Waals surface area (Å²) in [5, 5.41) is 2.63. The van der Waals surface area contributed by atoms with Crippen molar-refractivity contribution in [2.75, 3.05) is 19.8 Å². The Hall–Kier alpha value is -1.14. The summed E-state index contributed by atoms with van der Waals surface area (Å²) in [7, 11) is 0.625. The summed E-state index contributed by atoms with van der Waals surface area (Å²) in [6.45, 7) is 2.40. The maximum absolute atomic E-state index is 13.3. The van der Waals surface area contributed by atoms with E-state index in [-0.39, 0.29) is 22.8 Å². The number of carbonyl (C=O) groups excluding carboxylic acids is 1. The maximum Gasteiger partial charge on any atom is 0.317 e. The van der Waals surface area contributed by atoms with Gasteiger partial charge in [-0.1, -0.05) is 17.7 Å². The molecule has 0 aromatic heterocycles. The summed E-state index contributed by atoms with van der Waals surface area (Å²) < 4.78 is 24.5. The fourth-order valence-corrected chi connectivity index (χ4v) is 1.90. The molecule has 2 atom stereocenters. The number of hydrogen-bond donors (Lipinski definition) is 1. The van der Waals surface area contributed by atoms with Gasteiger partial charge < -0.3 is 10.2 Å². The third kappa shape index (κ3) is 5.09. The van der Waals surface area contributed by atoms with E-state index in [1.807, 2.05) is 0 Å². The molecule has 2 amide bonds. The Bertz CT molecular complexity index is 513. The molecule has 0 heterocycles.